The Morgan fingerprint density at radius 2 is 1.80 bits per heavy atom. The highest BCUT2D eigenvalue weighted by molar-refractivity contribution is 7.98. The number of hydrogen-bond acceptors (Lipinski definition) is 5. The number of hydrogen-bond donors (Lipinski definition) is 1. The van der Waals surface area contributed by atoms with Gasteiger partial charge in [0.15, 0.2) is 5.16 Å². The quantitative estimate of drug-likeness (QED) is 0.463. The molecule has 1 amide bonds. The maximum Gasteiger partial charge on any atom is 0.251 e. The second-order valence-corrected chi connectivity index (χ2v) is 7.19. The lowest BCUT2D eigenvalue weighted by atomic mass is 10.2. The van der Waals surface area contributed by atoms with Gasteiger partial charge in [0.2, 0.25) is 0 Å². The van der Waals surface area contributed by atoms with E-state index in [1.807, 2.05) is 35.2 Å². The third-order valence-corrected chi connectivity index (χ3v) is 5.13. The zero-order valence-corrected chi connectivity index (χ0v) is 17.0. The lowest BCUT2D eigenvalue weighted by Crippen LogP contribution is -2.26. The number of aromatic nitrogens is 5. The molecule has 2 aromatic heterocycles. The van der Waals surface area contributed by atoms with E-state index in [0.717, 1.165) is 11.4 Å². The van der Waals surface area contributed by atoms with Crippen LogP contribution >= 0.6 is 11.8 Å². The van der Waals surface area contributed by atoms with Crippen LogP contribution in [0.5, 0.6) is 0 Å². The number of rotatable bonds is 7. The summed E-state index contributed by atoms with van der Waals surface area (Å²) in [5.74, 6) is 0.227. The highest BCUT2D eigenvalue weighted by atomic mass is 32.2. The number of benzene rings is 2. The summed E-state index contributed by atoms with van der Waals surface area (Å²) in [5, 5.41) is 16.2. The fourth-order valence-electron chi connectivity index (χ4n) is 3.02. The normalized spacial score (nSPS) is 10.9. The predicted molar refractivity (Wildman–Crippen MR) is 113 cm³/mol. The van der Waals surface area contributed by atoms with Gasteiger partial charge in [-0.25, -0.2) is 9.07 Å². The minimum Gasteiger partial charge on any atom is -0.352 e. The summed E-state index contributed by atoms with van der Waals surface area (Å²) in [6.45, 7) is 0.396. The summed E-state index contributed by atoms with van der Waals surface area (Å²) in [6.07, 6.45) is 5.94. The molecule has 0 unspecified atom stereocenters. The highest BCUT2D eigenvalue weighted by Gasteiger charge is 2.14. The molecule has 1 N–H and O–H groups in total. The Hall–Kier alpha value is -3.46. The second-order valence-electron chi connectivity index (χ2n) is 6.42. The highest BCUT2D eigenvalue weighted by Crippen LogP contribution is 2.20. The monoisotopic (exact) mass is 422 g/mol. The Bertz CT molecular complexity index is 1120. The molecule has 30 heavy (non-hydrogen) atoms. The summed E-state index contributed by atoms with van der Waals surface area (Å²) in [7, 11) is 0. The summed E-state index contributed by atoms with van der Waals surface area (Å²) < 4.78 is 16.9. The van der Waals surface area contributed by atoms with Gasteiger partial charge in [-0.1, -0.05) is 11.8 Å². The van der Waals surface area contributed by atoms with E-state index in [9.17, 15) is 9.18 Å². The molecule has 0 fully saturated rings. The number of thioether (sulfide) groups is 1. The van der Waals surface area contributed by atoms with Crippen molar-refractivity contribution in [3.05, 3.63) is 84.2 Å². The van der Waals surface area contributed by atoms with Crippen LogP contribution < -0.4 is 5.32 Å². The first-order valence-electron chi connectivity index (χ1n) is 9.28. The van der Waals surface area contributed by atoms with E-state index in [2.05, 4.69) is 20.6 Å². The number of nitrogens with one attached hydrogen (secondary N) is 1. The first-order valence-corrected chi connectivity index (χ1v) is 10.5. The summed E-state index contributed by atoms with van der Waals surface area (Å²) in [4.78, 5) is 12.5. The maximum atomic E-state index is 13.3. The van der Waals surface area contributed by atoms with Crippen molar-refractivity contribution in [3.63, 3.8) is 0 Å². The van der Waals surface area contributed by atoms with Crippen LogP contribution in [0.1, 0.15) is 16.2 Å². The molecule has 0 aliphatic heterocycles. The van der Waals surface area contributed by atoms with Gasteiger partial charge in [0, 0.05) is 36.6 Å². The standard InChI is InChI=1S/C21H19FN6OS/c1-30-21-26-25-19(28(21)18-9-5-16(22)6-10-18)11-13-23-20(29)15-3-7-17(8-4-15)27-14-2-12-24-27/h2-10,12,14H,11,13H2,1H3,(H,23,29). The third kappa shape index (κ3) is 4.25. The van der Waals surface area contributed by atoms with Crippen molar-refractivity contribution >= 4 is 17.7 Å². The lowest BCUT2D eigenvalue weighted by molar-refractivity contribution is 0.0954. The molecule has 0 aliphatic carbocycles. The van der Waals surface area contributed by atoms with E-state index in [-0.39, 0.29) is 11.7 Å². The maximum absolute atomic E-state index is 13.3. The van der Waals surface area contributed by atoms with E-state index >= 15 is 0 Å². The average molecular weight is 422 g/mol. The molecule has 0 aliphatic rings. The van der Waals surface area contributed by atoms with E-state index in [1.54, 1.807) is 35.1 Å². The van der Waals surface area contributed by atoms with Crippen LogP contribution in [0.4, 0.5) is 4.39 Å². The number of halogens is 1. The van der Waals surface area contributed by atoms with Gasteiger partial charge in [-0.2, -0.15) is 5.10 Å². The Balaban J connectivity index is 1.41. The van der Waals surface area contributed by atoms with Gasteiger partial charge < -0.3 is 5.32 Å². The molecule has 0 saturated carbocycles. The molecule has 0 bridgehead atoms. The molecule has 0 radical (unpaired) electrons. The molecule has 0 saturated heterocycles. The second kappa shape index (κ2) is 8.91. The van der Waals surface area contributed by atoms with Crippen LogP contribution in [0.25, 0.3) is 11.4 Å². The molecular weight excluding hydrogens is 403 g/mol. The van der Waals surface area contributed by atoms with Crippen molar-refractivity contribution in [2.24, 2.45) is 0 Å². The number of carbonyl (C=O) groups is 1. The summed E-state index contributed by atoms with van der Waals surface area (Å²) in [5.41, 5.74) is 2.23. The van der Waals surface area contributed by atoms with Gasteiger partial charge >= 0.3 is 0 Å². The topological polar surface area (TPSA) is 77.6 Å². The van der Waals surface area contributed by atoms with E-state index < -0.39 is 0 Å². The first kappa shape index (κ1) is 19.8. The number of carbonyl (C=O) groups excluding carboxylic acids is 1. The van der Waals surface area contributed by atoms with Crippen LogP contribution in [0, 0.1) is 5.82 Å². The third-order valence-electron chi connectivity index (χ3n) is 4.50. The Morgan fingerprint density at radius 1 is 1.07 bits per heavy atom. The van der Waals surface area contributed by atoms with Gasteiger partial charge in [0.1, 0.15) is 11.6 Å². The molecular formula is C21H19FN6OS. The smallest absolute Gasteiger partial charge is 0.251 e. The molecule has 2 heterocycles. The van der Waals surface area contributed by atoms with Crippen molar-refractivity contribution in [2.45, 2.75) is 11.6 Å². The molecule has 4 rings (SSSR count). The average Bonchev–Trinajstić information content (AvgIpc) is 3.44. The van der Waals surface area contributed by atoms with Gasteiger partial charge in [-0.05, 0) is 60.9 Å². The summed E-state index contributed by atoms with van der Waals surface area (Å²) in [6, 6.07) is 15.2. The van der Waals surface area contributed by atoms with Crippen molar-refractivity contribution < 1.29 is 9.18 Å². The van der Waals surface area contributed by atoms with E-state index in [0.29, 0.717) is 29.5 Å². The molecule has 4 aromatic rings. The van der Waals surface area contributed by atoms with Crippen molar-refractivity contribution in [1.82, 2.24) is 29.9 Å². The first-order chi connectivity index (χ1) is 14.7. The fraction of sp³-hybridized carbons (Fsp3) is 0.143. The van der Waals surface area contributed by atoms with Gasteiger partial charge in [-0.15, -0.1) is 10.2 Å². The van der Waals surface area contributed by atoms with Gasteiger partial charge in [0.05, 0.1) is 5.69 Å². The van der Waals surface area contributed by atoms with Crippen LogP contribution in [0.15, 0.2) is 72.1 Å². The zero-order valence-electron chi connectivity index (χ0n) is 16.2. The minimum atomic E-state index is -0.301. The molecule has 0 atom stereocenters. The van der Waals surface area contributed by atoms with Crippen LogP contribution in [-0.2, 0) is 6.42 Å². The largest absolute Gasteiger partial charge is 0.352 e. The Labute approximate surface area is 176 Å². The van der Waals surface area contributed by atoms with Gasteiger partial charge in [0.25, 0.3) is 5.91 Å². The molecule has 2 aromatic carbocycles. The van der Waals surface area contributed by atoms with E-state index in [1.165, 1.54) is 23.9 Å². The van der Waals surface area contributed by atoms with Crippen LogP contribution in [0.3, 0.4) is 0 Å². The zero-order chi connectivity index (χ0) is 20.9. The summed E-state index contributed by atoms with van der Waals surface area (Å²) >= 11 is 1.45. The molecule has 152 valence electrons. The minimum absolute atomic E-state index is 0.167. The molecule has 7 nitrogen and oxygen atoms in total. The SMILES string of the molecule is CSc1nnc(CCNC(=O)c2ccc(-n3cccn3)cc2)n1-c1ccc(F)cc1. The van der Waals surface area contributed by atoms with Crippen molar-refractivity contribution in [2.75, 3.05) is 12.8 Å². The number of amides is 1. The van der Waals surface area contributed by atoms with E-state index in [4.69, 9.17) is 0 Å². The number of nitrogens with zero attached hydrogens (tertiary/aromatic N) is 5. The van der Waals surface area contributed by atoms with Crippen LogP contribution in [-0.4, -0.2) is 43.3 Å². The molecule has 9 heteroatoms. The van der Waals surface area contributed by atoms with Crippen molar-refractivity contribution in [3.8, 4) is 11.4 Å². The van der Waals surface area contributed by atoms with Gasteiger partial charge in [-0.3, -0.25) is 9.36 Å². The lowest BCUT2D eigenvalue weighted by Gasteiger charge is -2.10. The fourth-order valence-corrected chi connectivity index (χ4v) is 3.54. The van der Waals surface area contributed by atoms with Crippen LogP contribution in [0.2, 0.25) is 0 Å². The predicted octanol–water partition coefficient (Wildman–Crippen LogP) is 3.29. The Kier molecular flexibility index (Phi) is 5.89. The molecule has 0 spiro atoms. The Morgan fingerprint density at radius 3 is 2.47 bits per heavy atom. The van der Waals surface area contributed by atoms with Crippen molar-refractivity contribution in [1.29, 1.82) is 0 Å².